The van der Waals surface area contributed by atoms with E-state index in [1.165, 1.54) is 0 Å². The van der Waals surface area contributed by atoms with E-state index in [9.17, 15) is 13.5 Å². The van der Waals surface area contributed by atoms with Crippen LogP contribution in [-0.2, 0) is 10.0 Å². The number of aliphatic hydroxyl groups is 1. The molecule has 1 atom stereocenters. The molecule has 1 N–H and O–H groups in total. The summed E-state index contributed by atoms with van der Waals surface area (Å²) < 4.78 is 27.4. The molecule has 1 fully saturated rings. The second-order valence-corrected chi connectivity index (χ2v) is 8.96. The second kappa shape index (κ2) is 7.41. The third kappa shape index (κ3) is 4.03. The molecule has 0 amide bonds. The van der Waals surface area contributed by atoms with Gasteiger partial charge in [-0.1, -0.05) is 44.2 Å². The topological polar surface area (TPSA) is 60.9 Å². The maximum atomic E-state index is 12.9. The number of piperazine rings is 1. The molecular formula is C19H26N2O3S. The van der Waals surface area contributed by atoms with Crippen LogP contribution >= 0.6 is 0 Å². The standard InChI is InChI=1S/C19H26N2O3S/c1-15(2)19(22)14-20-9-11-21(12-10-20)25(23,24)18-8-7-16-5-3-4-6-17(16)13-18/h3-8,13,15,19,22H,9-12,14H2,1-2H3. The van der Waals surface area contributed by atoms with Gasteiger partial charge in [0.2, 0.25) is 10.0 Å². The number of aliphatic hydroxyl groups excluding tert-OH is 1. The Balaban J connectivity index is 1.71. The molecule has 1 unspecified atom stereocenters. The summed E-state index contributed by atoms with van der Waals surface area (Å²) in [4.78, 5) is 2.48. The first-order valence-electron chi connectivity index (χ1n) is 8.77. The van der Waals surface area contributed by atoms with Crippen LogP contribution in [0.3, 0.4) is 0 Å². The number of rotatable bonds is 5. The molecule has 1 aliphatic heterocycles. The summed E-state index contributed by atoms with van der Waals surface area (Å²) in [5.74, 6) is 0.208. The Morgan fingerprint density at radius 3 is 2.28 bits per heavy atom. The Hall–Kier alpha value is -1.47. The van der Waals surface area contributed by atoms with Crippen molar-refractivity contribution < 1.29 is 13.5 Å². The first kappa shape index (κ1) is 18.3. The van der Waals surface area contributed by atoms with Crippen molar-refractivity contribution in [3.8, 4) is 0 Å². The molecule has 0 radical (unpaired) electrons. The normalized spacial score (nSPS) is 18.7. The van der Waals surface area contributed by atoms with Crippen LogP contribution in [-0.4, -0.2) is 61.6 Å². The lowest BCUT2D eigenvalue weighted by molar-refractivity contribution is 0.0626. The van der Waals surface area contributed by atoms with Crippen molar-refractivity contribution in [2.75, 3.05) is 32.7 Å². The van der Waals surface area contributed by atoms with Crippen LogP contribution in [0.5, 0.6) is 0 Å². The van der Waals surface area contributed by atoms with Crippen molar-refractivity contribution in [2.24, 2.45) is 5.92 Å². The van der Waals surface area contributed by atoms with Crippen LogP contribution in [0.1, 0.15) is 13.8 Å². The van der Waals surface area contributed by atoms with Crippen LogP contribution < -0.4 is 0 Å². The number of hydrogen-bond acceptors (Lipinski definition) is 4. The molecule has 3 rings (SSSR count). The summed E-state index contributed by atoms with van der Waals surface area (Å²) in [5.41, 5.74) is 0. The van der Waals surface area contributed by atoms with E-state index < -0.39 is 10.0 Å². The van der Waals surface area contributed by atoms with E-state index in [0.717, 1.165) is 10.8 Å². The van der Waals surface area contributed by atoms with E-state index in [4.69, 9.17) is 0 Å². The van der Waals surface area contributed by atoms with Crippen LogP contribution in [0.25, 0.3) is 10.8 Å². The van der Waals surface area contributed by atoms with Gasteiger partial charge in [0.15, 0.2) is 0 Å². The van der Waals surface area contributed by atoms with E-state index in [0.29, 0.717) is 37.6 Å². The van der Waals surface area contributed by atoms with Gasteiger partial charge in [0.1, 0.15) is 0 Å². The minimum atomic E-state index is -3.48. The van der Waals surface area contributed by atoms with E-state index in [1.807, 2.05) is 44.2 Å². The Morgan fingerprint density at radius 1 is 1.00 bits per heavy atom. The summed E-state index contributed by atoms with van der Waals surface area (Å²) in [6.07, 6.45) is -0.372. The van der Waals surface area contributed by atoms with E-state index >= 15 is 0 Å². The third-order valence-electron chi connectivity index (χ3n) is 4.90. The van der Waals surface area contributed by atoms with Crippen LogP contribution in [0.4, 0.5) is 0 Å². The molecule has 2 aromatic carbocycles. The number of benzene rings is 2. The minimum Gasteiger partial charge on any atom is -0.392 e. The van der Waals surface area contributed by atoms with Crippen LogP contribution in [0, 0.1) is 5.92 Å². The van der Waals surface area contributed by atoms with Gasteiger partial charge in [-0.15, -0.1) is 0 Å². The third-order valence-corrected chi connectivity index (χ3v) is 6.80. The van der Waals surface area contributed by atoms with E-state index in [-0.39, 0.29) is 12.0 Å². The maximum absolute atomic E-state index is 12.9. The molecule has 6 heteroatoms. The Labute approximate surface area is 149 Å². The molecule has 136 valence electrons. The fourth-order valence-corrected chi connectivity index (χ4v) is 4.56. The minimum absolute atomic E-state index is 0.208. The van der Waals surface area contributed by atoms with Crippen molar-refractivity contribution in [1.29, 1.82) is 0 Å². The van der Waals surface area contributed by atoms with Gasteiger partial charge in [0, 0.05) is 32.7 Å². The van der Waals surface area contributed by atoms with Crippen molar-refractivity contribution in [1.82, 2.24) is 9.21 Å². The SMILES string of the molecule is CC(C)C(O)CN1CCN(S(=O)(=O)c2ccc3ccccc3c2)CC1. The monoisotopic (exact) mass is 362 g/mol. The number of fused-ring (bicyclic) bond motifs is 1. The zero-order valence-corrected chi connectivity index (χ0v) is 15.6. The molecule has 2 aromatic rings. The molecule has 1 aliphatic rings. The summed E-state index contributed by atoms with van der Waals surface area (Å²) in [5, 5.41) is 12.0. The predicted molar refractivity (Wildman–Crippen MR) is 100.0 cm³/mol. The Bertz CT molecular complexity index is 827. The average Bonchev–Trinajstić information content (AvgIpc) is 2.61. The van der Waals surface area contributed by atoms with E-state index in [1.54, 1.807) is 16.4 Å². The molecule has 0 saturated carbocycles. The molecule has 25 heavy (non-hydrogen) atoms. The molecule has 1 heterocycles. The van der Waals surface area contributed by atoms with Gasteiger partial charge in [-0.2, -0.15) is 4.31 Å². The average molecular weight is 362 g/mol. The zero-order chi connectivity index (χ0) is 18.0. The lowest BCUT2D eigenvalue weighted by Crippen LogP contribution is -2.50. The molecule has 0 aliphatic carbocycles. The fourth-order valence-electron chi connectivity index (χ4n) is 3.10. The first-order valence-corrected chi connectivity index (χ1v) is 10.2. The highest BCUT2D eigenvalue weighted by atomic mass is 32.2. The smallest absolute Gasteiger partial charge is 0.243 e. The van der Waals surface area contributed by atoms with Crippen molar-refractivity contribution in [2.45, 2.75) is 24.8 Å². The number of β-amino-alcohol motifs (C(OH)–C–C–N with tert-alkyl or cyclic N) is 1. The van der Waals surface area contributed by atoms with Crippen molar-refractivity contribution in [3.05, 3.63) is 42.5 Å². The van der Waals surface area contributed by atoms with Crippen molar-refractivity contribution >= 4 is 20.8 Å². The Morgan fingerprint density at radius 2 is 1.64 bits per heavy atom. The second-order valence-electron chi connectivity index (χ2n) is 7.03. The van der Waals surface area contributed by atoms with Crippen LogP contribution in [0.2, 0.25) is 0 Å². The number of sulfonamides is 1. The fraction of sp³-hybridized carbons (Fsp3) is 0.474. The van der Waals surface area contributed by atoms with Gasteiger partial charge < -0.3 is 5.11 Å². The highest BCUT2D eigenvalue weighted by Gasteiger charge is 2.29. The molecule has 0 bridgehead atoms. The zero-order valence-electron chi connectivity index (χ0n) is 14.8. The molecule has 0 spiro atoms. The van der Waals surface area contributed by atoms with Crippen LogP contribution in [0.15, 0.2) is 47.4 Å². The van der Waals surface area contributed by atoms with Gasteiger partial charge in [0.25, 0.3) is 0 Å². The summed E-state index contributed by atoms with van der Waals surface area (Å²) in [6.45, 7) is 6.80. The summed E-state index contributed by atoms with van der Waals surface area (Å²) >= 11 is 0. The lowest BCUT2D eigenvalue weighted by atomic mass is 10.1. The predicted octanol–water partition coefficient (Wildman–Crippen LogP) is 2.16. The van der Waals surface area contributed by atoms with Gasteiger partial charge in [-0.25, -0.2) is 8.42 Å². The number of nitrogens with zero attached hydrogens (tertiary/aromatic N) is 2. The maximum Gasteiger partial charge on any atom is 0.243 e. The quantitative estimate of drug-likeness (QED) is 0.885. The Kier molecular flexibility index (Phi) is 5.43. The highest BCUT2D eigenvalue weighted by Crippen LogP contribution is 2.23. The van der Waals surface area contributed by atoms with Gasteiger partial charge >= 0.3 is 0 Å². The summed E-state index contributed by atoms with van der Waals surface area (Å²) in [7, 11) is -3.48. The number of hydrogen-bond donors (Lipinski definition) is 1. The van der Waals surface area contributed by atoms with Gasteiger partial charge in [-0.05, 0) is 28.8 Å². The van der Waals surface area contributed by atoms with Gasteiger partial charge in [-0.3, -0.25) is 4.90 Å². The first-order chi connectivity index (χ1) is 11.9. The summed E-state index contributed by atoms with van der Waals surface area (Å²) in [6, 6.07) is 13.1. The molecular weight excluding hydrogens is 336 g/mol. The lowest BCUT2D eigenvalue weighted by Gasteiger charge is -2.35. The van der Waals surface area contributed by atoms with Crippen molar-refractivity contribution in [3.63, 3.8) is 0 Å². The highest BCUT2D eigenvalue weighted by molar-refractivity contribution is 7.89. The molecule has 1 saturated heterocycles. The van der Waals surface area contributed by atoms with Gasteiger partial charge in [0.05, 0.1) is 11.0 Å². The van der Waals surface area contributed by atoms with E-state index in [2.05, 4.69) is 4.90 Å². The molecule has 5 nitrogen and oxygen atoms in total. The largest absolute Gasteiger partial charge is 0.392 e. The molecule has 0 aromatic heterocycles.